The average Bonchev–Trinajstić information content (AvgIpc) is 3.24. The van der Waals surface area contributed by atoms with Gasteiger partial charge in [-0.3, -0.25) is 14.2 Å². The van der Waals surface area contributed by atoms with Gasteiger partial charge in [0, 0.05) is 17.4 Å². The second kappa shape index (κ2) is 9.31. The van der Waals surface area contributed by atoms with Crippen molar-refractivity contribution in [1.82, 2.24) is 14.5 Å². The fourth-order valence-corrected chi connectivity index (χ4v) is 5.17. The molecule has 0 spiro atoms. The highest BCUT2D eigenvalue weighted by Gasteiger charge is 2.19. The lowest BCUT2D eigenvalue weighted by Gasteiger charge is -2.13. The lowest BCUT2D eigenvalue weighted by Crippen LogP contribution is -2.30. The Hall–Kier alpha value is -4.04. The molecule has 0 aliphatic rings. The van der Waals surface area contributed by atoms with Gasteiger partial charge in [-0.2, -0.15) is 0 Å². The molecule has 0 aliphatic heterocycles. The van der Waals surface area contributed by atoms with Crippen LogP contribution in [0.3, 0.4) is 0 Å². The molecule has 1 N–H and O–H groups in total. The van der Waals surface area contributed by atoms with E-state index in [2.05, 4.69) is 5.32 Å². The number of pyridine rings is 1. The van der Waals surface area contributed by atoms with Gasteiger partial charge >= 0.3 is 0 Å². The summed E-state index contributed by atoms with van der Waals surface area (Å²) >= 11 is 1.31. The predicted molar refractivity (Wildman–Crippen MR) is 140 cm³/mol. The standard InChI is InChI=1S/C27H24N4O3S/c1-4-22-30-24-18-11-12-19(17-8-6-5-7-9-17)29-26(18)35-25(24)27(33)31(22)15-23(32)28-20-14-16(2)10-13-21(20)34-3/h5-14H,4,15H2,1-3H3,(H,28,32). The first-order valence-electron chi connectivity index (χ1n) is 11.3. The summed E-state index contributed by atoms with van der Waals surface area (Å²) in [4.78, 5) is 36.7. The summed E-state index contributed by atoms with van der Waals surface area (Å²) in [7, 11) is 1.55. The molecule has 8 heteroatoms. The second-order valence-electron chi connectivity index (χ2n) is 8.22. The summed E-state index contributed by atoms with van der Waals surface area (Å²) in [6.07, 6.45) is 0.513. The number of nitrogens with zero attached hydrogens (tertiary/aromatic N) is 3. The summed E-state index contributed by atoms with van der Waals surface area (Å²) < 4.78 is 7.30. The molecule has 0 fully saturated rings. The van der Waals surface area contributed by atoms with Crippen LogP contribution in [-0.2, 0) is 17.8 Å². The molecule has 0 unspecified atom stereocenters. The Kier molecular flexibility index (Phi) is 6.05. The minimum absolute atomic E-state index is 0.140. The van der Waals surface area contributed by atoms with E-state index >= 15 is 0 Å². The number of amides is 1. The van der Waals surface area contributed by atoms with E-state index in [-0.39, 0.29) is 18.0 Å². The number of carbonyl (C=O) groups excluding carboxylic acids is 1. The zero-order valence-corrected chi connectivity index (χ0v) is 20.5. The van der Waals surface area contributed by atoms with Crippen LogP contribution in [0.15, 0.2) is 65.5 Å². The van der Waals surface area contributed by atoms with Crippen molar-refractivity contribution in [2.75, 3.05) is 12.4 Å². The van der Waals surface area contributed by atoms with E-state index in [0.29, 0.717) is 33.9 Å². The van der Waals surface area contributed by atoms with Gasteiger partial charge in [0.1, 0.15) is 27.6 Å². The number of carbonyl (C=O) groups is 1. The van der Waals surface area contributed by atoms with Crippen molar-refractivity contribution in [1.29, 1.82) is 0 Å². The fourth-order valence-electron chi connectivity index (χ4n) is 4.11. The van der Waals surface area contributed by atoms with Crippen molar-refractivity contribution in [3.63, 3.8) is 0 Å². The molecule has 35 heavy (non-hydrogen) atoms. The molecule has 7 nitrogen and oxygen atoms in total. The third-order valence-electron chi connectivity index (χ3n) is 5.84. The van der Waals surface area contributed by atoms with Gasteiger partial charge < -0.3 is 10.1 Å². The molecule has 0 aliphatic carbocycles. The van der Waals surface area contributed by atoms with Crippen LogP contribution >= 0.6 is 11.3 Å². The fraction of sp³-hybridized carbons (Fsp3) is 0.185. The molecule has 2 aromatic carbocycles. The number of fused-ring (bicyclic) bond motifs is 3. The van der Waals surface area contributed by atoms with Crippen LogP contribution in [0.1, 0.15) is 18.3 Å². The molecule has 1 amide bonds. The topological polar surface area (TPSA) is 86.1 Å². The Morgan fingerprint density at radius 3 is 2.63 bits per heavy atom. The number of methoxy groups -OCH3 is 1. The smallest absolute Gasteiger partial charge is 0.272 e. The van der Waals surface area contributed by atoms with Crippen LogP contribution in [0.2, 0.25) is 0 Å². The van der Waals surface area contributed by atoms with Crippen molar-refractivity contribution in [2.24, 2.45) is 0 Å². The summed E-state index contributed by atoms with van der Waals surface area (Å²) in [5, 5.41) is 3.71. The summed E-state index contributed by atoms with van der Waals surface area (Å²) in [5.41, 5.74) is 3.81. The second-order valence-corrected chi connectivity index (χ2v) is 9.22. The van der Waals surface area contributed by atoms with E-state index in [1.165, 1.54) is 15.9 Å². The van der Waals surface area contributed by atoms with Crippen molar-refractivity contribution in [3.8, 4) is 17.0 Å². The summed E-state index contributed by atoms with van der Waals surface area (Å²) in [5.74, 6) is 0.795. The maximum absolute atomic E-state index is 13.5. The highest BCUT2D eigenvalue weighted by molar-refractivity contribution is 7.25. The van der Waals surface area contributed by atoms with Crippen LogP contribution in [0.25, 0.3) is 31.7 Å². The number of benzene rings is 2. The number of ether oxygens (including phenoxy) is 1. The number of aryl methyl sites for hydroxylation is 2. The first-order chi connectivity index (χ1) is 17.0. The van der Waals surface area contributed by atoms with Crippen molar-refractivity contribution in [3.05, 3.63) is 82.4 Å². The SMILES string of the molecule is CCc1nc2c(sc3nc(-c4ccccc4)ccc32)c(=O)n1CC(=O)Nc1cc(C)ccc1OC. The highest BCUT2D eigenvalue weighted by Crippen LogP contribution is 2.32. The molecule has 3 heterocycles. The molecule has 5 aromatic rings. The number of thiophene rings is 1. The monoisotopic (exact) mass is 484 g/mol. The Morgan fingerprint density at radius 1 is 1.09 bits per heavy atom. The number of nitrogens with one attached hydrogen (secondary N) is 1. The molecule has 0 radical (unpaired) electrons. The van der Waals surface area contributed by atoms with Crippen LogP contribution in [0.4, 0.5) is 5.69 Å². The molecular formula is C27H24N4O3S. The summed E-state index contributed by atoms with van der Waals surface area (Å²) in [6, 6.07) is 19.4. The van der Waals surface area contributed by atoms with Gasteiger partial charge in [0.25, 0.3) is 5.56 Å². The van der Waals surface area contributed by atoms with Gasteiger partial charge in [0.05, 0.1) is 24.0 Å². The minimum Gasteiger partial charge on any atom is -0.495 e. The van der Waals surface area contributed by atoms with Crippen LogP contribution in [0, 0.1) is 6.92 Å². The Balaban J connectivity index is 1.54. The molecule has 0 atom stereocenters. The predicted octanol–water partition coefficient (Wildman–Crippen LogP) is 5.19. The molecule has 0 saturated carbocycles. The largest absolute Gasteiger partial charge is 0.495 e. The van der Waals surface area contributed by atoms with Gasteiger partial charge in [-0.15, -0.1) is 11.3 Å². The van der Waals surface area contributed by atoms with E-state index in [4.69, 9.17) is 14.7 Å². The number of hydrogen-bond donors (Lipinski definition) is 1. The third-order valence-corrected chi connectivity index (χ3v) is 6.91. The van der Waals surface area contributed by atoms with E-state index in [1.54, 1.807) is 13.2 Å². The average molecular weight is 485 g/mol. The quantitative estimate of drug-likeness (QED) is 0.358. The first-order valence-corrected chi connectivity index (χ1v) is 12.1. The van der Waals surface area contributed by atoms with Gasteiger partial charge in [-0.05, 0) is 36.8 Å². The molecule has 5 rings (SSSR count). The van der Waals surface area contributed by atoms with E-state index < -0.39 is 0 Å². The molecule has 0 saturated heterocycles. The number of rotatable bonds is 6. The number of hydrogen-bond acceptors (Lipinski definition) is 6. The maximum atomic E-state index is 13.5. The lowest BCUT2D eigenvalue weighted by atomic mass is 10.1. The van der Waals surface area contributed by atoms with Crippen molar-refractivity contribution in [2.45, 2.75) is 26.8 Å². The van der Waals surface area contributed by atoms with Crippen molar-refractivity contribution < 1.29 is 9.53 Å². The Labute approximate surface area is 206 Å². The van der Waals surface area contributed by atoms with Crippen LogP contribution in [0.5, 0.6) is 5.75 Å². The van der Waals surface area contributed by atoms with E-state index in [9.17, 15) is 9.59 Å². The summed E-state index contributed by atoms with van der Waals surface area (Å²) in [6.45, 7) is 3.72. The van der Waals surface area contributed by atoms with Gasteiger partial charge in [0.15, 0.2) is 0 Å². The van der Waals surface area contributed by atoms with E-state index in [0.717, 1.165) is 27.0 Å². The van der Waals surface area contributed by atoms with Gasteiger partial charge in [0.2, 0.25) is 5.91 Å². The van der Waals surface area contributed by atoms with Crippen molar-refractivity contribution >= 4 is 43.4 Å². The van der Waals surface area contributed by atoms with Gasteiger partial charge in [-0.25, -0.2) is 9.97 Å². The lowest BCUT2D eigenvalue weighted by molar-refractivity contribution is -0.116. The normalized spacial score (nSPS) is 11.2. The van der Waals surface area contributed by atoms with Crippen LogP contribution < -0.4 is 15.6 Å². The molecule has 0 bridgehead atoms. The van der Waals surface area contributed by atoms with Gasteiger partial charge in [-0.1, -0.05) is 43.3 Å². The zero-order valence-electron chi connectivity index (χ0n) is 19.7. The number of aromatic nitrogens is 3. The number of anilines is 1. The van der Waals surface area contributed by atoms with E-state index in [1.807, 2.05) is 68.4 Å². The maximum Gasteiger partial charge on any atom is 0.272 e. The Morgan fingerprint density at radius 2 is 1.89 bits per heavy atom. The highest BCUT2D eigenvalue weighted by atomic mass is 32.1. The zero-order chi connectivity index (χ0) is 24.5. The molecule has 3 aromatic heterocycles. The minimum atomic E-state index is -0.322. The first kappa shape index (κ1) is 22.7. The molecule has 176 valence electrons. The third kappa shape index (κ3) is 4.28. The van der Waals surface area contributed by atoms with Crippen LogP contribution in [-0.4, -0.2) is 27.6 Å². The molecular weight excluding hydrogens is 460 g/mol. The Bertz CT molecular complexity index is 1620.